The zero-order valence-electron chi connectivity index (χ0n) is 8.77. The minimum absolute atomic E-state index is 0.323. The molecule has 1 unspecified atom stereocenters. The Labute approximate surface area is 104 Å². The molecule has 0 fully saturated rings. The van der Waals surface area contributed by atoms with Gasteiger partial charge >= 0.3 is 0 Å². The molecule has 0 aliphatic rings. The Morgan fingerprint density at radius 2 is 1.75 bits per heavy atom. The maximum atomic E-state index is 9.92. The minimum atomic E-state index is -0.323. The molecule has 2 aromatic rings. The summed E-state index contributed by atoms with van der Waals surface area (Å²) in [5, 5.41) is 14.8. The van der Waals surface area contributed by atoms with E-state index < -0.39 is 0 Å². The van der Waals surface area contributed by atoms with Crippen LogP contribution in [0.1, 0.15) is 11.1 Å². The van der Waals surface area contributed by atoms with Crippen LogP contribution in [0.25, 0.3) is 0 Å². The summed E-state index contributed by atoms with van der Waals surface area (Å²) in [5.41, 5.74) is 2.32. The molecule has 0 radical (unpaired) electrons. The van der Waals surface area contributed by atoms with E-state index in [2.05, 4.69) is 11.4 Å². The predicted octanol–water partition coefficient (Wildman–Crippen LogP) is 3.55. The maximum Gasteiger partial charge on any atom is 0.0621 e. The molecule has 1 nitrogen and oxygen atoms in total. The van der Waals surface area contributed by atoms with Gasteiger partial charge in [-0.3, -0.25) is 0 Å². The monoisotopic (exact) mass is 252 g/mol. The van der Waals surface area contributed by atoms with Crippen molar-refractivity contribution in [2.45, 2.75) is 18.9 Å². The fourth-order valence-corrected chi connectivity index (χ4v) is 2.45. The van der Waals surface area contributed by atoms with Gasteiger partial charge in [0.2, 0.25) is 0 Å². The number of aliphatic hydroxyl groups excluding tert-OH is 1. The van der Waals surface area contributed by atoms with E-state index in [-0.39, 0.29) is 6.10 Å². The lowest BCUT2D eigenvalue weighted by Gasteiger charge is -2.09. The Morgan fingerprint density at radius 1 is 1.06 bits per heavy atom. The largest absolute Gasteiger partial charge is 0.392 e. The summed E-state index contributed by atoms with van der Waals surface area (Å²) in [5.74, 6) is 0. The molecule has 1 heterocycles. The second-order valence-electron chi connectivity index (χ2n) is 3.82. The summed E-state index contributed by atoms with van der Waals surface area (Å²) >= 11 is 7.46. The molecule has 0 aliphatic heterocycles. The molecule has 1 N–H and O–H groups in total. The molecule has 0 spiro atoms. The number of rotatable bonds is 4. The van der Waals surface area contributed by atoms with Crippen LogP contribution in [-0.2, 0) is 12.8 Å². The van der Waals surface area contributed by atoms with Crippen LogP contribution in [0.3, 0.4) is 0 Å². The lowest BCUT2D eigenvalue weighted by molar-refractivity contribution is 0.175. The first-order valence-corrected chi connectivity index (χ1v) is 6.50. The zero-order chi connectivity index (χ0) is 11.4. The number of hydrogen-bond donors (Lipinski definition) is 1. The van der Waals surface area contributed by atoms with Crippen molar-refractivity contribution < 1.29 is 5.11 Å². The van der Waals surface area contributed by atoms with Gasteiger partial charge in [-0.05, 0) is 52.9 Å². The second kappa shape index (κ2) is 5.48. The highest BCUT2D eigenvalue weighted by Crippen LogP contribution is 2.14. The molecule has 0 saturated heterocycles. The topological polar surface area (TPSA) is 20.2 Å². The molecule has 1 aromatic heterocycles. The summed E-state index contributed by atoms with van der Waals surface area (Å²) < 4.78 is 0. The highest BCUT2D eigenvalue weighted by Gasteiger charge is 2.07. The molecule has 0 amide bonds. The molecule has 16 heavy (non-hydrogen) atoms. The van der Waals surface area contributed by atoms with E-state index in [4.69, 9.17) is 11.6 Å². The van der Waals surface area contributed by atoms with Gasteiger partial charge in [-0.2, -0.15) is 11.3 Å². The van der Waals surface area contributed by atoms with Crippen LogP contribution >= 0.6 is 22.9 Å². The van der Waals surface area contributed by atoms with E-state index >= 15 is 0 Å². The van der Waals surface area contributed by atoms with Crippen LogP contribution in [-0.4, -0.2) is 11.2 Å². The Balaban J connectivity index is 1.92. The standard InChI is InChI=1S/C13H13ClOS/c14-12-3-1-10(2-4-12)7-13(15)8-11-5-6-16-9-11/h1-6,9,13,15H,7-8H2. The summed E-state index contributed by atoms with van der Waals surface area (Å²) in [6.07, 6.45) is 1.06. The van der Waals surface area contributed by atoms with Crippen molar-refractivity contribution in [1.82, 2.24) is 0 Å². The fraction of sp³-hybridized carbons (Fsp3) is 0.231. The van der Waals surface area contributed by atoms with Crippen molar-refractivity contribution in [2.75, 3.05) is 0 Å². The van der Waals surface area contributed by atoms with Crippen molar-refractivity contribution in [1.29, 1.82) is 0 Å². The lowest BCUT2D eigenvalue weighted by Crippen LogP contribution is -2.13. The summed E-state index contributed by atoms with van der Waals surface area (Å²) in [6, 6.07) is 9.68. The summed E-state index contributed by atoms with van der Waals surface area (Å²) in [6.45, 7) is 0. The molecule has 2 rings (SSSR count). The Bertz CT molecular complexity index is 422. The van der Waals surface area contributed by atoms with Crippen LogP contribution in [0, 0.1) is 0 Å². The van der Waals surface area contributed by atoms with Crippen LogP contribution in [0.5, 0.6) is 0 Å². The second-order valence-corrected chi connectivity index (χ2v) is 5.04. The average molecular weight is 253 g/mol. The average Bonchev–Trinajstić information content (AvgIpc) is 2.74. The smallest absolute Gasteiger partial charge is 0.0621 e. The number of benzene rings is 1. The van der Waals surface area contributed by atoms with Gasteiger partial charge in [0.15, 0.2) is 0 Å². The van der Waals surface area contributed by atoms with E-state index in [1.807, 2.05) is 29.6 Å². The zero-order valence-corrected chi connectivity index (χ0v) is 10.3. The Kier molecular flexibility index (Phi) is 3.99. The van der Waals surface area contributed by atoms with Gasteiger partial charge in [-0.1, -0.05) is 23.7 Å². The van der Waals surface area contributed by atoms with Gasteiger partial charge in [-0.15, -0.1) is 0 Å². The minimum Gasteiger partial charge on any atom is -0.392 e. The highest BCUT2D eigenvalue weighted by molar-refractivity contribution is 7.07. The van der Waals surface area contributed by atoms with Crippen LogP contribution in [0.4, 0.5) is 0 Å². The normalized spacial score (nSPS) is 12.6. The molecule has 3 heteroatoms. The molecule has 0 bridgehead atoms. The SMILES string of the molecule is OC(Cc1ccc(Cl)cc1)Cc1ccsc1. The van der Waals surface area contributed by atoms with E-state index in [1.54, 1.807) is 11.3 Å². The van der Waals surface area contributed by atoms with Crippen molar-refractivity contribution in [2.24, 2.45) is 0 Å². The van der Waals surface area contributed by atoms with Crippen LogP contribution < -0.4 is 0 Å². The number of hydrogen-bond acceptors (Lipinski definition) is 2. The number of thiophene rings is 1. The Morgan fingerprint density at radius 3 is 2.38 bits per heavy atom. The fourth-order valence-electron chi connectivity index (χ4n) is 1.65. The van der Waals surface area contributed by atoms with Crippen LogP contribution in [0.15, 0.2) is 41.1 Å². The molecule has 0 saturated carbocycles. The van der Waals surface area contributed by atoms with Gasteiger partial charge in [0.05, 0.1) is 6.10 Å². The van der Waals surface area contributed by atoms with Crippen molar-refractivity contribution in [3.05, 3.63) is 57.2 Å². The van der Waals surface area contributed by atoms with Crippen LogP contribution in [0.2, 0.25) is 5.02 Å². The van der Waals surface area contributed by atoms with Gasteiger partial charge in [0.25, 0.3) is 0 Å². The quantitative estimate of drug-likeness (QED) is 0.882. The molecular weight excluding hydrogens is 240 g/mol. The van der Waals surface area contributed by atoms with Crippen molar-refractivity contribution in [3.8, 4) is 0 Å². The van der Waals surface area contributed by atoms with E-state index in [0.717, 1.165) is 10.6 Å². The lowest BCUT2D eigenvalue weighted by atomic mass is 10.0. The molecule has 1 aromatic carbocycles. The van der Waals surface area contributed by atoms with Gasteiger partial charge in [-0.25, -0.2) is 0 Å². The molecular formula is C13H13ClOS. The summed E-state index contributed by atoms with van der Waals surface area (Å²) in [4.78, 5) is 0. The molecule has 0 aliphatic carbocycles. The van der Waals surface area contributed by atoms with Gasteiger partial charge in [0.1, 0.15) is 0 Å². The maximum absolute atomic E-state index is 9.92. The third-order valence-corrected chi connectivity index (χ3v) is 3.42. The first-order chi connectivity index (χ1) is 7.74. The third kappa shape index (κ3) is 3.34. The number of aliphatic hydroxyl groups is 1. The highest BCUT2D eigenvalue weighted by atomic mass is 35.5. The van der Waals surface area contributed by atoms with Gasteiger partial charge < -0.3 is 5.11 Å². The van der Waals surface area contributed by atoms with Crippen molar-refractivity contribution >= 4 is 22.9 Å². The van der Waals surface area contributed by atoms with E-state index in [0.29, 0.717) is 12.8 Å². The summed E-state index contributed by atoms with van der Waals surface area (Å²) in [7, 11) is 0. The van der Waals surface area contributed by atoms with Crippen molar-refractivity contribution in [3.63, 3.8) is 0 Å². The number of halogens is 1. The predicted molar refractivity (Wildman–Crippen MR) is 69.2 cm³/mol. The van der Waals surface area contributed by atoms with Gasteiger partial charge in [0, 0.05) is 5.02 Å². The first-order valence-electron chi connectivity index (χ1n) is 5.17. The third-order valence-electron chi connectivity index (χ3n) is 2.44. The first kappa shape index (κ1) is 11.6. The van der Waals surface area contributed by atoms with E-state index in [9.17, 15) is 5.11 Å². The molecule has 1 atom stereocenters. The van der Waals surface area contributed by atoms with E-state index in [1.165, 1.54) is 5.56 Å². The Hall–Kier alpha value is -0.830. The molecule has 84 valence electrons.